The van der Waals surface area contributed by atoms with Crippen molar-refractivity contribution in [3.05, 3.63) is 0 Å². The quantitative estimate of drug-likeness (QED) is 0.753. The van der Waals surface area contributed by atoms with Crippen LogP contribution in [0.1, 0.15) is 52.9 Å². The SMILES string of the molecule is C#C.C#C.CCC.CCCC(N)=O.O=C1CCCN1. The van der Waals surface area contributed by atoms with Crippen LogP contribution in [0.4, 0.5) is 0 Å². The minimum absolute atomic E-state index is 0.204. The van der Waals surface area contributed by atoms with E-state index in [-0.39, 0.29) is 11.8 Å². The van der Waals surface area contributed by atoms with Gasteiger partial charge in [-0.05, 0) is 12.8 Å². The van der Waals surface area contributed by atoms with Crippen LogP contribution in [0.2, 0.25) is 0 Å². The lowest BCUT2D eigenvalue weighted by atomic mass is 10.3. The number of nitrogens with two attached hydrogens (primary N) is 1. The average molecular weight is 268 g/mol. The molecule has 1 rings (SSSR count). The Morgan fingerprint density at radius 2 is 1.63 bits per heavy atom. The Hall–Kier alpha value is -1.94. The van der Waals surface area contributed by atoms with Gasteiger partial charge in [0.05, 0.1) is 0 Å². The molecule has 1 heterocycles. The maximum Gasteiger partial charge on any atom is 0.220 e. The summed E-state index contributed by atoms with van der Waals surface area (Å²) in [4.78, 5) is 20.0. The molecule has 1 fully saturated rings. The Labute approximate surface area is 118 Å². The van der Waals surface area contributed by atoms with Crippen molar-refractivity contribution in [1.82, 2.24) is 5.32 Å². The highest BCUT2D eigenvalue weighted by Crippen LogP contribution is 1.93. The number of rotatable bonds is 2. The Morgan fingerprint density at radius 1 is 1.21 bits per heavy atom. The van der Waals surface area contributed by atoms with Crippen LogP contribution >= 0.6 is 0 Å². The van der Waals surface area contributed by atoms with Crippen molar-refractivity contribution >= 4 is 11.8 Å². The zero-order valence-electron chi connectivity index (χ0n) is 12.4. The van der Waals surface area contributed by atoms with E-state index in [1.54, 1.807) is 0 Å². The topological polar surface area (TPSA) is 72.2 Å². The molecular formula is C15H28N2O2. The van der Waals surface area contributed by atoms with Crippen LogP contribution in [0.5, 0.6) is 0 Å². The lowest BCUT2D eigenvalue weighted by Gasteiger charge is -1.81. The summed E-state index contributed by atoms with van der Waals surface area (Å²) in [5.41, 5.74) is 4.76. The molecule has 110 valence electrons. The minimum Gasteiger partial charge on any atom is -0.370 e. The van der Waals surface area contributed by atoms with Crippen LogP contribution in [0.3, 0.4) is 0 Å². The number of nitrogens with one attached hydrogen (secondary N) is 1. The van der Waals surface area contributed by atoms with Gasteiger partial charge in [0.2, 0.25) is 11.8 Å². The van der Waals surface area contributed by atoms with Gasteiger partial charge in [-0.1, -0.05) is 27.2 Å². The molecule has 0 radical (unpaired) electrons. The standard InChI is InChI=1S/C4H7NO.C4H9NO.C3H8.2C2H2/c6-4-2-1-3-5-4;1-2-3-4(5)6;1-3-2;2*1-2/h1-3H2,(H,5,6);2-3H2,1H3,(H2,5,6);3H2,1-2H3;2*1-2H. The van der Waals surface area contributed by atoms with Crippen molar-refractivity contribution < 1.29 is 9.59 Å². The monoisotopic (exact) mass is 268 g/mol. The average Bonchev–Trinajstić information content (AvgIpc) is 2.87. The third kappa shape index (κ3) is 48.9. The molecular weight excluding hydrogens is 240 g/mol. The highest BCUT2D eigenvalue weighted by atomic mass is 16.2. The summed E-state index contributed by atoms with van der Waals surface area (Å²) < 4.78 is 0. The summed E-state index contributed by atoms with van der Waals surface area (Å²) in [5.74, 6) is -0.00694. The first kappa shape index (κ1) is 25.8. The third-order valence-corrected chi connectivity index (χ3v) is 1.40. The summed E-state index contributed by atoms with van der Waals surface area (Å²) in [7, 11) is 0. The fourth-order valence-electron chi connectivity index (χ4n) is 0.812. The molecule has 3 N–H and O–H groups in total. The van der Waals surface area contributed by atoms with Crippen molar-refractivity contribution in [2.24, 2.45) is 5.73 Å². The number of hydrogen-bond donors (Lipinski definition) is 2. The van der Waals surface area contributed by atoms with Gasteiger partial charge in [0.25, 0.3) is 0 Å². The van der Waals surface area contributed by atoms with E-state index in [9.17, 15) is 9.59 Å². The molecule has 0 atom stereocenters. The molecule has 19 heavy (non-hydrogen) atoms. The normalized spacial score (nSPS) is 10.4. The highest BCUT2D eigenvalue weighted by molar-refractivity contribution is 5.77. The first-order valence-corrected chi connectivity index (χ1v) is 6.30. The molecule has 0 aromatic heterocycles. The van der Waals surface area contributed by atoms with Crippen LogP contribution in [0.25, 0.3) is 0 Å². The number of primary amides is 1. The largest absolute Gasteiger partial charge is 0.370 e. The maximum absolute atomic E-state index is 10.1. The molecule has 2 amide bonds. The predicted octanol–water partition coefficient (Wildman–Crippen LogP) is 2.08. The van der Waals surface area contributed by atoms with Crippen LogP contribution < -0.4 is 11.1 Å². The predicted molar refractivity (Wildman–Crippen MR) is 82.1 cm³/mol. The summed E-state index contributed by atoms with van der Waals surface area (Å²) in [6, 6.07) is 0. The van der Waals surface area contributed by atoms with Crippen LogP contribution in [0.15, 0.2) is 0 Å². The second-order valence-electron chi connectivity index (χ2n) is 3.38. The van der Waals surface area contributed by atoms with E-state index in [4.69, 9.17) is 5.73 Å². The number of carbonyl (C=O) groups is 2. The lowest BCUT2D eigenvalue weighted by molar-refractivity contribution is -0.119. The number of terminal acetylenes is 2. The molecule has 0 aliphatic carbocycles. The molecule has 0 bridgehead atoms. The summed E-state index contributed by atoms with van der Waals surface area (Å²) in [6.45, 7) is 7.06. The second-order valence-corrected chi connectivity index (χ2v) is 3.38. The van der Waals surface area contributed by atoms with E-state index < -0.39 is 0 Å². The molecule has 1 aliphatic rings. The number of carbonyl (C=O) groups excluding carboxylic acids is 2. The maximum atomic E-state index is 10.1. The fraction of sp³-hybridized carbons (Fsp3) is 0.600. The molecule has 4 heteroatoms. The van der Waals surface area contributed by atoms with Gasteiger partial charge in [-0.3, -0.25) is 9.59 Å². The van der Waals surface area contributed by atoms with Gasteiger partial charge >= 0.3 is 0 Å². The van der Waals surface area contributed by atoms with Crippen molar-refractivity contribution in [2.45, 2.75) is 52.9 Å². The Morgan fingerprint density at radius 3 is 1.68 bits per heavy atom. The van der Waals surface area contributed by atoms with E-state index in [2.05, 4.69) is 44.9 Å². The fourth-order valence-corrected chi connectivity index (χ4v) is 0.812. The van der Waals surface area contributed by atoms with Crippen molar-refractivity contribution in [3.8, 4) is 25.7 Å². The molecule has 0 saturated carbocycles. The summed E-state index contributed by atoms with van der Waals surface area (Å²) in [5, 5.41) is 2.68. The van der Waals surface area contributed by atoms with Crippen LogP contribution in [0, 0.1) is 25.7 Å². The van der Waals surface area contributed by atoms with E-state index >= 15 is 0 Å². The Bertz CT molecular complexity index is 219. The van der Waals surface area contributed by atoms with Crippen LogP contribution in [-0.4, -0.2) is 18.4 Å². The molecule has 0 aromatic carbocycles. The Kier molecular flexibility index (Phi) is 40.4. The molecule has 1 aliphatic heterocycles. The van der Waals surface area contributed by atoms with Crippen molar-refractivity contribution in [1.29, 1.82) is 0 Å². The van der Waals surface area contributed by atoms with E-state index in [0.29, 0.717) is 6.42 Å². The smallest absolute Gasteiger partial charge is 0.220 e. The van der Waals surface area contributed by atoms with Gasteiger partial charge in [-0.25, -0.2) is 0 Å². The molecule has 1 saturated heterocycles. The van der Waals surface area contributed by atoms with Gasteiger partial charge in [-0.2, -0.15) is 0 Å². The van der Waals surface area contributed by atoms with Gasteiger partial charge in [0.1, 0.15) is 0 Å². The summed E-state index contributed by atoms with van der Waals surface area (Å²) >= 11 is 0. The lowest BCUT2D eigenvalue weighted by Crippen LogP contribution is -2.12. The third-order valence-electron chi connectivity index (χ3n) is 1.40. The molecule has 0 spiro atoms. The van der Waals surface area contributed by atoms with E-state index in [1.165, 1.54) is 6.42 Å². The van der Waals surface area contributed by atoms with Crippen molar-refractivity contribution in [2.75, 3.05) is 6.54 Å². The molecule has 0 aromatic rings. The number of hydrogen-bond acceptors (Lipinski definition) is 2. The van der Waals surface area contributed by atoms with E-state index in [1.807, 2.05) is 6.92 Å². The first-order valence-electron chi connectivity index (χ1n) is 6.30. The van der Waals surface area contributed by atoms with Crippen LogP contribution in [-0.2, 0) is 9.59 Å². The molecule has 0 unspecified atom stereocenters. The zero-order valence-corrected chi connectivity index (χ0v) is 12.4. The number of amides is 2. The van der Waals surface area contributed by atoms with Gasteiger partial charge < -0.3 is 11.1 Å². The summed E-state index contributed by atoms with van der Waals surface area (Å²) in [6.07, 6.45) is 20.4. The Balaban J connectivity index is -0.0000000817. The van der Waals surface area contributed by atoms with Crippen molar-refractivity contribution in [3.63, 3.8) is 0 Å². The van der Waals surface area contributed by atoms with Gasteiger partial charge in [0, 0.05) is 19.4 Å². The van der Waals surface area contributed by atoms with Gasteiger partial charge in [-0.15, -0.1) is 25.7 Å². The highest BCUT2D eigenvalue weighted by Gasteiger charge is 2.05. The minimum atomic E-state index is -0.211. The van der Waals surface area contributed by atoms with E-state index in [0.717, 1.165) is 25.8 Å². The van der Waals surface area contributed by atoms with Gasteiger partial charge in [0.15, 0.2) is 0 Å². The molecule has 4 nitrogen and oxygen atoms in total. The zero-order chi connectivity index (χ0) is 16.1. The first-order chi connectivity index (χ1) is 9.08. The second kappa shape index (κ2) is 29.8.